The van der Waals surface area contributed by atoms with E-state index in [0.717, 1.165) is 0 Å². The van der Waals surface area contributed by atoms with Crippen LogP contribution in [0.25, 0.3) is 0 Å². The number of para-hydroxylation sites is 1. The van der Waals surface area contributed by atoms with Gasteiger partial charge in [-0.1, -0.05) is 6.07 Å². The molecule has 17 heavy (non-hydrogen) atoms. The molecule has 0 aromatic heterocycles. The fraction of sp³-hybridized carbons (Fsp3) is 0.417. The summed E-state index contributed by atoms with van der Waals surface area (Å²) in [6, 6.07) is 4.90. The van der Waals surface area contributed by atoms with Crippen molar-refractivity contribution in [3.8, 4) is 5.75 Å². The maximum atomic E-state index is 11.0. The number of aromatic carboxylic acids is 1. The lowest BCUT2D eigenvalue weighted by Crippen LogP contribution is -2.13. The summed E-state index contributed by atoms with van der Waals surface area (Å²) in [5.41, 5.74) is 0.143. The van der Waals surface area contributed by atoms with Crippen molar-refractivity contribution in [1.82, 2.24) is 0 Å². The monoisotopic (exact) mass is 302 g/mol. The number of carboxylic acid groups (broad SMARTS) is 1. The SMILES string of the molecule is CC(C)OCCOc1c(Br)cccc1C(=O)O. The average Bonchev–Trinajstić information content (AvgIpc) is 2.25. The molecular formula is C12H15BrO4. The van der Waals surface area contributed by atoms with Crippen molar-refractivity contribution >= 4 is 21.9 Å². The molecule has 0 bridgehead atoms. The summed E-state index contributed by atoms with van der Waals surface area (Å²) in [6.45, 7) is 4.61. The van der Waals surface area contributed by atoms with E-state index in [1.807, 2.05) is 13.8 Å². The van der Waals surface area contributed by atoms with Crippen LogP contribution in [0.4, 0.5) is 0 Å². The lowest BCUT2D eigenvalue weighted by Gasteiger charge is -2.12. The van der Waals surface area contributed by atoms with Crippen LogP contribution in [0.3, 0.4) is 0 Å². The predicted octanol–water partition coefficient (Wildman–Crippen LogP) is 2.95. The van der Waals surface area contributed by atoms with Gasteiger partial charge in [0.1, 0.15) is 17.9 Å². The van der Waals surface area contributed by atoms with Crippen LogP contribution < -0.4 is 4.74 Å². The van der Waals surface area contributed by atoms with Crippen LogP contribution in [0.2, 0.25) is 0 Å². The van der Waals surface area contributed by atoms with Gasteiger partial charge in [-0.25, -0.2) is 4.79 Å². The highest BCUT2D eigenvalue weighted by molar-refractivity contribution is 9.10. The minimum Gasteiger partial charge on any atom is -0.489 e. The van der Waals surface area contributed by atoms with Crippen molar-refractivity contribution in [2.45, 2.75) is 20.0 Å². The molecule has 1 N–H and O–H groups in total. The molecule has 0 unspecified atom stereocenters. The molecule has 5 heteroatoms. The molecule has 4 nitrogen and oxygen atoms in total. The number of carbonyl (C=O) groups is 1. The highest BCUT2D eigenvalue weighted by atomic mass is 79.9. The largest absolute Gasteiger partial charge is 0.489 e. The second-order valence-electron chi connectivity index (χ2n) is 3.69. The normalized spacial score (nSPS) is 10.6. The minimum absolute atomic E-state index is 0.136. The minimum atomic E-state index is -1.01. The Kier molecular flexibility index (Phi) is 5.44. The molecule has 0 saturated heterocycles. The second-order valence-corrected chi connectivity index (χ2v) is 4.54. The topological polar surface area (TPSA) is 55.8 Å². The first-order chi connectivity index (χ1) is 8.02. The van der Waals surface area contributed by atoms with Crippen molar-refractivity contribution in [3.63, 3.8) is 0 Å². The van der Waals surface area contributed by atoms with Gasteiger partial charge in [-0.15, -0.1) is 0 Å². The van der Waals surface area contributed by atoms with Crippen LogP contribution in [-0.4, -0.2) is 30.4 Å². The predicted molar refractivity (Wildman–Crippen MR) is 67.7 cm³/mol. The first-order valence-corrected chi connectivity index (χ1v) is 6.08. The second kappa shape index (κ2) is 6.61. The quantitative estimate of drug-likeness (QED) is 0.821. The molecule has 0 radical (unpaired) electrons. The smallest absolute Gasteiger partial charge is 0.339 e. The number of halogens is 1. The highest BCUT2D eigenvalue weighted by Crippen LogP contribution is 2.28. The van der Waals surface area contributed by atoms with Gasteiger partial charge in [0, 0.05) is 0 Å². The Morgan fingerprint density at radius 2 is 2.12 bits per heavy atom. The van der Waals surface area contributed by atoms with E-state index in [2.05, 4.69) is 15.9 Å². The maximum Gasteiger partial charge on any atom is 0.339 e. The molecule has 0 saturated carbocycles. The summed E-state index contributed by atoms with van der Waals surface area (Å²) >= 11 is 3.27. The Bertz CT molecular complexity index is 390. The summed E-state index contributed by atoms with van der Waals surface area (Å²) in [6.07, 6.45) is 0.136. The van der Waals surface area contributed by atoms with Crippen LogP contribution >= 0.6 is 15.9 Å². The number of hydrogen-bond acceptors (Lipinski definition) is 3. The van der Waals surface area contributed by atoms with Gasteiger partial charge in [-0.05, 0) is 41.9 Å². The standard InChI is InChI=1S/C12H15BrO4/c1-8(2)16-6-7-17-11-9(12(14)15)4-3-5-10(11)13/h3-5,8H,6-7H2,1-2H3,(H,14,15). The van der Waals surface area contributed by atoms with Gasteiger partial charge in [-0.2, -0.15) is 0 Å². The summed E-state index contributed by atoms with van der Waals surface area (Å²) in [5, 5.41) is 9.00. The van der Waals surface area contributed by atoms with Gasteiger partial charge >= 0.3 is 5.97 Å². The molecule has 0 aliphatic heterocycles. The van der Waals surface area contributed by atoms with E-state index >= 15 is 0 Å². The third-order valence-electron chi connectivity index (χ3n) is 1.98. The van der Waals surface area contributed by atoms with Gasteiger partial charge in [0.05, 0.1) is 17.2 Å². The van der Waals surface area contributed by atoms with E-state index in [1.54, 1.807) is 12.1 Å². The molecule has 1 aromatic rings. The number of ether oxygens (including phenoxy) is 2. The number of hydrogen-bond donors (Lipinski definition) is 1. The van der Waals surface area contributed by atoms with Gasteiger partial charge in [-0.3, -0.25) is 0 Å². The Morgan fingerprint density at radius 1 is 1.41 bits per heavy atom. The van der Waals surface area contributed by atoms with Crippen LogP contribution in [0.1, 0.15) is 24.2 Å². The molecule has 0 aliphatic rings. The molecule has 0 spiro atoms. The van der Waals surface area contributed by atoms with E-state index in [9.17, 15) is 4.79 Å². The van der Waals surface area contributed by atoms with Crippen LogP contribution in [0, 0.1) is 0 Å². The third-order valence-corrected chi connectivity index (χ3v) is 2.60. The van der Waals surface area contributed by atoms with Crippen molar-refractivity contribution in [1.29, 1.82) is 0 Å². The van der Waals surface area contributed by atoms with E-state index in [1.165, 1.54) is 6.07 Å². The zero-order chi connectivity index (χ0) is 12.8. The number of benzene rings is 1. The maximum absolute atomic E-state index is 11.0. The molecule has 0 aliphatic carbocycles. The van der Waals surface area contributed by atoms with Crippen LogP contribution in [0.15, 0.2) is 22.7 Å². The lowest BCUT2D eigenvalue weighted by atomic mass is 10.2. The molecule has 0 fully saturated rings. The molecule has 0 atom stereocenters. The van der Waals surface area contributed by atoms with Crippen molar-refractivity contribution in [3.05, 3.63) is 28.2 Å². The Morgan fingerprint density at radius 3 is 2.71 bits per heavy atom. The fourth-order valence-electron chi connectivity index (χ4n) is 1.25. The Labute approximate surface area is 109 Å². The van der Waals surface area contributed by atoms with Gasteiger partial charge < -0.3 is 14.6 Å². The zero-order valence-corrected chi connectivity index (χ0v) is 11.4. The average molecular weight is 303 g/mol. The fourth-order valence-corrected chi connectivity index (χ4v) is 1.73. The number of rotatable bonds is 6. The van der Waals surface area contributed by atoms with Crippen LogP contribution in [-0.2, 0) is 4.74 Å². The number of carboxylic acids is 1. The van der Waals surface area contributed by atoms with Crippen molar-refractivity contribution in [2.24, 2.45) is 0 Å². The molecule has 94 valence electrons. The Balaban J connectivity index is 2.66. The summed E-state index contributed by atoms with van der Waals surface area (Å²) in [7, 11) is 0. The van der Waals surface area contributed by atoms with E-state index in [-0.39, 0.29) is 11.7 Å². The van der Waals surface area contributed by atoms with Crippen LogP contribution in [0.5, 0.6) is 5.75 Å². The van der Waals surface area contributed by atoms with E-state index in [4.69, 9.17) is 14.6 Å². The molecular weight excluding hydrogens is 288 g/mol. The van der Waals surface area contributed by atoms with E-state index < -0.39 is 5.97 Å². The summed E-state index contributed by atoms with van der Waals surface area (Å²) in [5.74, 6) is -0.668. The molecule has 1 rings (SSSR count). The Hall–Kier alpha value is -1.07. The van der Waals surface area contributed by atoms with Gasteiger partial charge in [0.25, 0.3) is 0 Å². The highest BCUT2D eigenvalue weighted by Gasteiger charge is 2.13. The van der Waals surface area contributed by atoms with Crippen molar-refractivity contribution in [2.75, 3.05) is 13.2 Å². The zero-order valence-electron chi connectivity index (χ0n) is 9.77. The molecule has 0 heterocycles. The lowest BCUT2D eigenvalue weighted by molar-refractivity contribution is 0.0537. The summed E-state index contributed by atoms with van der Waals surface area (Å²) in [4.78, 5) is 11.0. The van der Waals surface area contributed by atoms with Crippen molar-refractivity contribution < 1.29 is 19.4 Å². The summed E-state index contributed by atoms with van der Waals surface area (Å²) < 4.78 is 11.4. The first-order valence-electron chi connectivity index (χ1n) is 5.28. The third kappa shape index (κ3) is 4.36. The molecule has 1 aromatic carbocycles. The van der Waals surface area contributed by atoms with Gasteiger partial charge in [0.2, 0.25) is 0 Å². The van der Waals surface area contributed by atoms with E-state index in [0.29, 0.717) is 23.4 Å². The first kappa shape index (κ1) is 14.0. The van der Waals surface area contributed by atoms with Gasteiger partial charge in [0.15, 0.2) is 0 Å². The molecule has 0 amide bonds.